The van der Waals surface area contributed by atoms with Crippen molar-refractivity contribution in [3.63, 3.8) is 0 Å². The fourth-order valence-electron chi connectivity index (χ4n) is 2.75. The van der Waals surface area contributed by atoms with Crippen LogP contribution in [0.15, 0.2) is 42.9 Å². The number of piperazine rings is 1. The molecular weight excluding hydrogens is 320 g/mol. The summed E-state index contributed by atoms with van der Waals surface area (Å²) < 4.78 is 10.7. The van der Waals surface area contributed by atoms with E-state index in [0.717, 1.165) is 30.2 Å². The maximum absolute atomic E-state index is 12.3. The van der Waals surface area contributed by atoms with Crippen molar-refractivity contribution < 1.29 is 14.3 Å². The minimum absolute atomic E-state index is 0.0155. The Morgan fingerprint density at radius 3 is 2.76 bits per heavy atom. The van der Waals surface area contributed by atoms with Crippen LogP contribution in [0.4, 0.5) is 5.82 Å². The van der Waals surface area contributed by atoms with Crippen LogP contribution in [0.5, 0.6) is 5.75 Å². The Balaban J connectivity index is 1.42. The zero-order valence-electron chi connectivity index (χ0n) is 14.3. The Bertz CT molecular complexity index is 688. The van der Waals surface area contributed by atoms with Crippen molar-refractivity contribution >= 4 is 11.7 Å². The van der Waals surface area contributed by atoms with Crippen LogP contribution in [0.1, 0.15) is 5.56 Å². The van der Waals surface area contributed by atoms with Crippen LogP contribution in [0.25, 0.3) is 0 Å². The lowest BCUT2D eigenvalue weighted by atomic mass is 10.2. The first-order chi connectivity index (χ1) is 12.3. The van der Waals surface area contributed by atoms with Crippen LogP contribution in [0.2, 0.25) is 0 Å². The topological polar surface area (TPSA) is 67.8 Å². The van der Waals surface area contributed by atoms with E-state index in [2.05, 4.69) is 14.9 Å². The number of amides is 1. The van der Waals surface area contributed by atoms with E-state index >= 15 is 0 Å². The van der Waals surface area contributed by atoms with Gasteiger partial charge in [0.25, 0.3) is 0 Å². The molecular formula is C18H22N4O3. The molecule has 0 N–H and O–H groups in total. The van der Waals surface area contributed by atoms with Crippen molar-refractivity contribution in [3.05, 3.63) is 48.4 Å². The summed E-state index contributed by atoms with van der Waals surface area (Å²) in [5.41, 5.74) is 0.986. The van der Waals surface area contributed by atoms with E-state index in [-0.39, 0.29) is 12.5 Å². The van der Waals surface area contributed by atoms with Crippen molar-refractivity contribution in [2.24, 2.45) is 0 Å². The van der Waals surface area contributed by atoms with Gasteiger partial charge in [-0.2, -0.15) is 0 Å². The molecule has 25 heavy (non-hydrogen) atoms. The SMILES string of the molecule is COc1cccc(COCC(=O)N2CCN(c3cnccn3)CC2)c1. The molecule has 1 aromatic carbocycles. The monoisotopic (exact) mass is 342 g/mol. The van der Waals surface area contributed by atoms with Gasteiger partial charge in [-0.15, -0.1) is 0 Å². The van der Waals surface area contributed by atoms with Gasteiger partial charge in [-0.1, -0.05) is 12.1 Å². The maximum Gasteiger partial charge on any atom is 0.248 e. The molecule has 0 unspecified atom stereocenters. The quantitative estimate of drug-likeness (QED) is 0.789. The number of benzene rings is 1. The molecule has 1 saturated heterocycles. The van der Waals surface area contributed by atoms with E-state index in [4.69, 9.17) is 9.47 Å². The number of hydrogen-bond acceptors (Lipinski definition) is 6. The highest BCUT2D eigenvalue weighted by molar-refractivity contribution is 5.77. The van der Waals surface area contributed by atoms with Gasteiger partial charge in [0.05, 0.1) is 19.9 Å². The normalized spacial score (nSPS) is 14.4. The first-order valence-electron chi connectivity index (χ1n) is 8.25. The Morgan fingerprint density at radius 2 is 2.04 bits per heavy atom. The van der Waals surface area contributed by atoms with E-state index in [1.54, 1.807) is 25.7 Å². The van der Waals surface area contributed by atoms with Crippen LogP contribution in [-0.4, -0.2) is 60.7 Å². The lowest BCUT2D eigenvalue weighted by molar-refractivity contribution is -0.136. The lowest BCUT2D eigenvalue weighted by Crippen LogP contribution is -2.50. The third-order valence-electron chi connectivity index (χ3n) is 4.13. The van der Waals surface area contributed by atoms with Gasteiger partial charge in [0.15, 0.2) is 0 Å². The molecule has 0 atom stereocenters. The number of carbonyl (C=O) groups excluding carboxylic acids is 1. The van der Waals surface area contributed by atoms with E-state index in [9.17, 15) is 4.79 Å². The molecule has 7 heteroatoms. The summed E-state index contributed by atoms with van der Waals surface area (Å²) in [7, 11) is 1.63. The van der Waals surface area contributed by atoms with Crippen molar-refractivity contribution in [2.45, 2.75) is 6.61 Å². The van der Waals surface area contributed by atoms with Gasteiger partial charge in [-0.05, 0) is 17.7 Å². The lowest BCUT2D eigenvalue weighted by Gasteiger charge is -2.35. The van der Waals surface area contributed by atoms with Gasteiger partial charge >= 0.3 is 0 Å². The van der Waals surface area contributed by atoms with Crippen LogP contribution >= 0.6 is 0 Å². The van der Waals surface area contributed by atoms with E-state index < -0.39 is 0 Å². The summed E-state index contributed by atoms with van der Waals surface area (Å²) in [6.07, 6.45) is 5.08. The minimum atomic E-state index is 0.0155. The van der Waals surface area contributed by atoms with Gasteiger partial charge < -0.3 is 19.3 Å². The molecule has 0 aliphatic carbocycles. The maximum atomic E-state index is 12.3. The summed E-state index contributed by atoms with van der Waals surface area (Å²) in [5.74, 6) is 1.65. The number of anilines is 1. The van der Waals surface area contributed by atoms with Crippen molar-refractivity contribution in [2.75, 3.05) is 44.8 Å². The average molecular weight is 342 g/mol. The first kappa shape index (κ1) is 17.2. The molecule has 1 fully saturated rings. The second kappa shape index (κ2) is 8.43. The van der Waals surface area contributed by atoms with Crippen LogP contribution < -0.4 is 9.64 Å². The molecule has 2 heterocycles. The predicted molar refractivity (Wildman–Crippen MR) is 93.5 cm³/mol. The molecule has 3 rings (SSSR count). The molecule has 2 aromatic rings. The molecule has 1 amide bonds. The molecule has 1 aliphatic rings. The van der Waals surface area contributed by atoms with E-state index in [1.165, 1.54) is 0 Å². The Kier molecular flexibility index (Phi) is 5.79. The summed E-state index contributed by atoms with van der Waals surface area (Å²) in [6.45, 7) is 3.31. The van der Waals surface area contributed by atoms with E-state index in [1.807, 2.05) is 29.2 Å². The summed E-state index contributed by atoms with van der Waals surface area (Å²) in [6, 6.07) is 7.65. The molecule has 0 bridgehead atoms. The number of aromatic nitrogens is 2. The average Bonchev–Trinajstić information content (AvgIpc) is 2.69. The number of ether oxygens (including phenoxy) is 2. The Labute approximate surface area is 147 Å². The zero-order valence-corrected chi connectivity index (χ0v) is 14.3. The number of hydrogen-bond donors (Lipinski definition) is 0. The summed E-state index contributed by atoms with van der Waals surface area (Å²) in [4.78, 5) is 24.6. The highest BCUT2D eigenvalue weighted by atomic mass is 16.5. The number of methoxy groups -OCH3 is 1. The molecule has 1 aliphatic heterocycles. The smallest absolute Gasteiger partial charge is 0.248 e. The zero-order chi connectivity index (χ0) is 17.5. The highest BCUT2D eigenvalue weighted by Crippen LogP contribution is 2.14. The van der Waals surface area contributed by atoms with Crippen LogP contribution in [0, 0.1) is 0 Å². The molecule has 7 nitrogen and oxygen atoms in total. The third-order valence-corrected chi connectivity index (χ3v) is 4.13. The molecule has 0 saturated carbocycles. The molecule has 0 radical (unpaired) electrons. The molecule has 132 valence electrons. The van der Waals surface area contributed by atoms with Gasteiger partial charge in [0.1, 0.15) is 18.2 Å². The third kappa shape index (κ3) is 4.67. The second-order valence-electron chi connectivity index (χ2n) is 5.78. The van der Waals surface area contributed by atoms with Crippen molar-refractivity contribution in [1.29, 1.82) is 0 Å². The van der Waals surface area contributed by atoms with Gasteiger partial charge in [0, 0.05) is 38.6 Å². The van der Waals surface area contributed by atoms with Gasteiger partial charge in [-0.3, -0.25) is 9.78 Å². The molecule has 0 spiro atoms. The fraction of sp³-hybridized carbons (Fsp3) is 0.389. The fourth-order valence-corrected chi connectivity index (χ4v) is 2.75. The second-order valence-corrected chi connectivity index (χ2v) is 5.78. The molecule has 1 aromatic heterocycles. The highest BCUT2D eigenvalue weighted by Gasteiger charge is 2.21. The number of nitrogens with zero attached hydrogens (tertiary/aromatic N) is 4. The van der Waals surface area contributed by atoms with Crippen molar-refractivity contribution in [3.8, 4) is 5.75 Å². The van der Waals surface area contributed by atoms with E-state index in [0.29, 0.717) is 19.7 Å². The predicted octanol–water partition coefficient (Wildman–Crippen LogP) is 1.35. The summed E-state index contributed by atoms with van der Waals surface area (Å²) >= 11 is 0. The summed E-state index contributed by atoms with van der Waals surface area (Å²) in [5, 5.41) is 0. The largest absolute Gasteiger partial charge is 0.497 e. The minimum Gasteiger partial charge on any atom is -0.497 e. The van der Waals surface area contributed by atoms with Gasteiger partial charge in [0.2, 0.25) is 5.91 Å². The first-order valence-corrected chi connectivity index (χ1v) is 8.25. The number of carbonyl (C=O) groups is 1. The Hall–Kier alpha value is -2.67. The Morgan fingerprint density at radius 1 is 1.20 bits per heavy atom. The van der Waals surface area contributed by atoms with Crippen LogP contribution in [0.3, 0.4) is 0 Å². The van der Waals surface area contributed by atoms with Gasteiger partial charge in [-0.25, -0.2) is 4.98 Å². The van der Waals surface area contributed by atoms with Crippen molar-refractivity contribution in [1.82, 2.24) is 14.9 Å². The van der Waals surface area contributed by atoms with Crippen LogP contribution in [-0.2, 0) is 16.1 Å². The number of rotatable bonds is 6. The standard InChI is InChI=1S/C18H22N4O3/c1-24-16-4-2-3-15(11-16)13-25-14-18(23)22-9-7-21(8-10-22)17-12-19-5-6-20-17/h2-6,11-12H,7-10,13-14H2,1H3.